The van der Waals surface area contributed by atoms with E-state index in [9.17, 15) is 18.0 Å². The van der Waals surface area contributed by atoms with Gasteiger partial charge < -0.3 is 10.6 Å². The summed E-state index contributed by atoms with van der Waals surface area (Å²) in [7, 11) is 0. The van der Waals surface area contributed by atoms with Crippen LogP contribution in [0, 0.1) is 5.92 Å². The van der Waals surface area contributed by atoms with Crippen LogP contribution >= 0.6 is 23.7 Å². The predicted octanol–water partition coefficient (Wildman–Crippen LogP) is 3.54. The van der Waals surface area contributed by atoms with Crippen molar-refractivity contribution in [3.63, 3.8) is 0 Å². The Balaban J connectivity index is 0.00000264. The van der Waals surface area contributed by atoms with E-state index in [-0.39, 0.29) is 18.3 Å². The van der Waals surface area contributed by atoms with Gasteiger partial charge in [-0.3, -0.25) is 4.79 Å². The number of rotatable bonds is 6. The Bertz CT molecular complexity index is 504. The fourth-order valence-corrected chi connectivity index (χ4v) is 3.44. The molecule has 9 heteroatoms. The van der Waals surface area contributed by atoms with Gasteiger partial charge in [0.1, 0.15) is 5.01 Å². The van der Waals surface area contributed by atoms with Crippen molar-refractivity contribution in [3.8, 4) is 0 Å². The molecule has 2 N–H and O–H groups in total. The summed E-state index contributed by atoms with van der Waals surface area (Å²) in [5, 5.41) is 7.34. The van der Waals surface area contributed by atoms with Gasteiger partial charge in [0.2, 0.25) is 5.91 Å². The first-order valence-corrected chi connectivity index (χ1v) is 8.30. The van der Waals surface area contributed by atoms with Crippen molar-refractivity contribution in [1.82, 2.24) is 15.6 Å². The molecule has 4 nitrogen and oxygen atoms in total. The molecule has 2 rings (SSSR count). The van der Waals surface area contributed by atoms with Gasteiger partial charge in [0.15, 0.2) is 5.69 Å². The second-order valence-corrected chi connectivity index (χ2v) is 6.38. The molecule has 1 amide bonds. The molecule has 2 atom stereocenters. The summed E-state index contributed by atoms with van der Waals surface area (Å²) in [4.78, 5) is 15.6. The number of carbonyl (C=O) groups excluding carboxylic acids is 1. The van der Waals surface area contributed by atoms with Gasteiger partial charge in [0.05, 0.1) is 6.04 Å². The fraction of sp³-hybridized carbons (Fsp3) is 0.714. The molecule has 1 fully saturated rings. The number of amides is 1. The maximum atomic E-state index is 12.6. The van der Waals surface area contributed by atoms with Crippen LogP contribution in [0.5, 0.6) is 0 Å². The van der Waals surface area contributed by atoms with Crippen LogP contribution in [0.3, 0.4) is 0 Å². The summed E-state index contributed by atoms with van der Waals surface area (Å²) in [6, 6.07) is -0.449. The summed E-state index contributed by atoms with van der Waals surface area (Å²) in [5.74, 6) is 0.394. The quantitative estimate of drug-likeness (QED) is 0.804. The first kappa shape index (κ1) is 20.2. The number of aromatic nitrogens is 1. The van der Waals surface area contributed by atoms with Gasteiger partial charge in [-0.05, 0) is 38.3 Å². The molecule has 2 heterocycles. The third kappa shape index (κ3) is 5.93. The molecule has 0 spiro atoms. The number of nitrogens with one attached hydrogen (secondary N) is 2. The number of hydrogen-bond acceptors (Lipinski definition) is 4. The largest absolute Gasteiger partial charge is 0.434 e. The molecule has 0 saturated carbocycles. The number of nitrogens with zero attached hydrogens (tertiary/aromatic N) is 1. The number of alkyl halides is 3. The second kappa shape index (κ2) is 8.84. The molecule has 132 valence electrons. The molecule has 0 radical (unpaired) electrons. The zero-order valence-electron chi connectivity index (χ0n) is 12.8. The molecule has 2 unspecified atom stereocenters. The van der Waals surface area contributed by atoms with E-state index >= 15 is 0 Å². The van der Waals surface area contributed by atoms with E-state index in [1.54, 1.807) is 0 Å². The first-order chi connectivity index (χ1) is 10.4. The molecule has 1 aromatic heterocycles. The van der Waals surface area contributed by atoms with Gasteiger partial charge in [0, 0.05) is 11.8 Å². The molecular weight excluding hydrogens is 351 g/mol. The fourth-order valence-electron chi connectivity index (χ4n) is 2.48. The molecular formula is C14H21ClF3N3OS. The Hall–Kier alpha value is -0.860. The topological polar surface area (TPSA) is 54.0 Å². The summed E-state index contributed by atoms with van der Waals surface area (Å²) >= 11 is 0.939. The van der Waals surface area contributed by atoms with Crippen molar-refractivity contribution in [2.45, 2.75) is 44.8 Å². The standard InChI is InChI=1S/C14H20F3N3OS.ClH/c1-2-10(13-20-11(8-22-13)14(15,16)17)19-12(21)4-3-9-5-6-18-7-9;/h8-10,18H,2-7H2,1H3,(H,19,21);1H. The SMILES string of the molecule is CCC(NC(=O)CCC1CCNC1)c1nc(C(F)(F)F)cs1.Cl. The van der Waals surface area contributed by atoms with E-state index < -0.39 is 17.9 Å². The normalized spacial score (nSPS) is 19.2. The maximum absolute atomic E-state index is 12.6. The first-order valence-electron chi connectivity index (χ1n) is 7.42. The number of halogens is 4. The van der Waals surface area contributed by atoms with Crippen molar-refractivity contribution in [2.24, 2.45) is 5.92 Å². The minimum absolute atomic E-state index is 0. The zero-order valence-corrected chi connectivity index (χ0v) is 14.4. The average molecular weight is 372 g/mol. The highest BCUT2D eigenvalue weighted by Crippen LogP contribution is 2.32. The lowest BCUT2D eigenvalue weighted by Crippen LogP contribution is -2.28. The van der Waals surface area contributed by atoms with E-state index in [4.69, 9.17) is 0 Å². The smallest absolute Gasteiger partial charge is 0.347 e. The number of hydrogen-bond donors (Lipinski definition) is 2. The van der Waals surface area contributed by atoms with Gasteiger partial charge in [-0.15, -0.1) is 23.7 Å². The van der Waals surface area contributed by atoms with Crippen molar-refractivity contribution in [1.29, 1.82) is 0 Å². The highest BCUT2D eigenvalue weighted by Gasteiger charge is 2.34. The molecule has 1 aliphatic rings. The molecule has 0 aliphatic carbocycles. The minimum atomic E-state index is -4.44. The Morgan fingerprint density at radius 2 is 2.30 bits per heavy atom. The van der Waals surface area contributed by atoms with Crippen LogP contribution in [0.15, 0.2) is 5.38 Å². The van der Waals surface area contributed by atoms with Crippen LogP contribution in [0.4, 0.5) is 13.2 Å². The van der Waals surface area contributed by atoms with E-state index in [0.29, 0.717) is 23.8 Å². The number of carbonyl (C=O) groups is 1. The molecule has 23 heavy (non-hydrogen) atoms. The summed E-state index contributed by atoms with van der Waals surface area (Å²) in [6.45, 7) is 3.75. The van der Waals surface area contributed by atoms with Crippen LogP contribution in [0.25, 0.3) is 0 Å². The maximum Gasteiger partial charge on any atom is 0.434 e. The minimum Gasteiger partial charge on any atom is -0.347 e. The summed E-state index contributed by atoms with van der Waals surface area (Å²) in [6.07, 6.45) is -1.64. The lowest BCUT2D eigenvalue weighted by Gasteiger charge is -2.15. The Kier molecular flexibility index (Phi) is 7.76. The lowest BCUT2D eigenvalue weighted by molar-refractivity contribution is -0.140. The van der Waals surface area contributed by atoms with Crippen molar-refractivity contribution in [2.75, 3.05) is 13.1 Å². The van der Waals surface area contributed by atoms with Crippen LogP contribution in [-0.2, 0) is 11.0 Å². The summed E-state index contributed by atoms with van der Waals surface area (Å²) in [5.41, 5.74) is -0.891. The Labute approximate surface area is 143 Å². The van der Waals surface area contributed by atoms with Crippen molar-refractivity contribution < 1.29 is 18.0 Å². The summed E-state index contributed by atoms with van der Waals surface area (Å²) < 4.78 is 37.7. The van der Waals surface area contributed by atoms with Gasteiger partial charge >= 0.3 is 6.18 Å². The van der Waals surface area contributed by atoms with Crippen LogP contribution in [-0.4, -0.2) is 24.0 Å². The third-order valence-electron chi connectivity index (χ3n) is 3.80. The molecule has 0 aromatic carbocycles. The lowest BCUT2D eigenvalue weighted by atomic mass is 10.0. The van der Waals surface area contributed by atoms with Crippen LogP contribution in [0.2, 0.25) is 0 Å². The Morgan fingerprint density at radius 1 is 1.57 bits per heavy atom. The van der Waals surface area contributed by atoms with E-state index in [1.807, 2.05) is 6.92 Å². The predicted molar refractivity (Wildman–Crippen MR) is 85.7 cm³/mol. The van der Waals surface area contributed by atoms with Crippen molar-refractivity contribution >= 4 is 29.7 Å². The highest BCUT2D eigenvalue weighted by atomic mass is 35.5. The average Bonchev–Trinajstić information content (AvgIpc) is 3.12. The molecule has 1 aliphatic heterocycles. The van der Waals surface area contributed by atoms with Crippen molar-refractivity contribution in [3.05, 3.63) is 16.1 Å². The van der Waals surface area contributed by atoms with Gasteiger partial charge in [0.25, 0.3) is 0 Å². The van der Waals surface area contributed by atoms with E-state index in [1.165, 1.54) is 0 Å². The monoisotopic (exact) mass is 371 g/mol. The molecule has 1 aromatic rings. The van der Waals surface area contributed by atoms with Gasteiger partial charge in [-0.1, -0.05) is 6.92 Å². The Morgan fingerprint density at radius 3 is 2.83 bits per heavy atom. The zero-order chi connectivity index (χ0) is 16.2. The van der Waals surface area contributed by atoms with Gasteiger partial charge in [-0.25, -0.2) is 4.98 Å². The van der Waals surface area contributed by atoms with E-state index in [2.05, 4.69) is 15.6 Å². The molecule has 0 bridgehead atoms. The van der Waals surface area contributed by atoms with Gasteiger partial charge in [-0.2, -0.15) is 13.2 Å². The third-order valence-corrected chi connectivity index (χ3v) is 4.75. The number of thiazole rings is 1. The van der Waals surface area contributed by atoms with Crippen LogP contribution in [0.1, 0.15) is 49.4 Å². The van der Waals surface area contributed by atoms with Crippen LogP contribution < -0.4 is 10.6 Å². The molecule has 1 saturated heterocycles. The van der Waals surface area contributed by atoms with E-state index in [0.717, 1.165) is 42.6 Å². The second-order valence-electron chi connectivity index (χ2n) is 5.49. The highest BCUT2D eigenvalue weighted by molar-refractivity contribution is 7.09.